The topological polar surface area (TPSA) is 180 Å². The molecule has 0 bridgehead atoms. The summed E-state index contributed by atoms with van der Waals surface area (Å²) in [7, 11) is 0. The summed E-state index contributed by atoms with van der Waals surface area (Å²) in [4.78, 5) is 0. The van der Waals surface area contributed by atoms with Crippen molar-refractivity contribution in [3.63, 3.8) is 0 Å². The molecule has 10 atom stereocenters. The smallest absolute Gasteiger partial charge is 0.147 e. The van der Waals surface area contributed by atoms with Crippen molar-refractivity contribution in [3.8, 4) is 11.8 Å². The molecule has 0 amide bonds. The maximum Gasteiger partial charge on any atom is 0.147 e. The zero-order valence-corrected chi connectivity index (χ0v) is 16.8. The Hall–Kier alpha value is -1.62. The first-order valence-electron chi connectivity index (χ1n) is 9.92. The van der Waals surface area contributed by atoms with Crippen molar-refractivity contribution in [2.75, 3.05) is 13.2 Å². The van der Waals surface area contributed by atoms with E-state index in [-0.39, 0.29) is 0 Å². The van der Waals surface area contributed by atoms with Crippen LogP contribution >= 0.6 is 0 Å². The SMILES string of the molecule is Cc1cc(C2OC(CO)C(O)C(O)C2O)ccc1C#CC1OC(CO)C(O)C(O)C1O. The van der Waals surface area contributed by atoms with Gasteiger partial charge in [-0.25, -0.2) is 0 Å². The van der Waals surface area contributed by atoms with Crippen molar-refractivity contribution in [1.29, 1.82) is 0 Å². The number of aliphatic hydroxyl groups is 8. The Morgan fingerprint density at radius 1 is 0.774 bits per heavy atom. The second-order valence-corrected chi connectivity index (χ2v) is 7.84. The molecule has 0 aliphatic carbocycles. The van der Waals surface area contributed by atoms with Gasteiger partial charge in [-0.3, -0.25) is 0 Å². The summed E-state index contributed by atoms with van der Waals surface area (Å²) in [6, 6.07) is 4.91. The van der Waals surface area contributed by atoms with Crippen LogP contribution in [-0.2, 0) is 9.47 Å². The molecule has 0 radical (unpaired) electrons. The molecule has 172 valence electrons. The molecule has 10 heteroatoms. The van der Waals surface area contributed by atoms with Crippen LogP contribution in [0.5, 0.6) is 0 Å². The largest absolute Gasteiger partial charge is 0.394 e. The Morgan fingerprint density at radius 3 is 1.94 bits per heavy atom. The van der Waals surface area contributed by atoms with Gasteiger partial charge in [-0.1, -0.05) is 24.0 Å². The highest BCUT2D eigenvalue weighted by Gasteiger charge is 2.44. The van der Waals surface area contributed by atoms with Crippen LogP contribution in [-0.4, -0.2) is 109 Å². The molecule has 10 nitrogen and oxygen atoms in total. The zero-order valence-electron chi connectivity index (χ0n) is 16.8. The number of benzene rings is 1. The standard InChI is InChI=1S/C21H28O10/c1-9-6-11(21-20(29)19(28)17(26)14(8-23)31-21)3-2-10(9)4-5-12-15(24)18(27)16(25)13(7-22)30-12/h2-3,6,12-29H,7-8H2,1H3. The molecule has 2 heterocycles. The van der Waals surface area contributed by atoms with Gasteiger partial charge in [0.05, 0.1) is 13.2 Å². The van der Waals surface area contributed by atoms with Gasteiger partial charge in [-0.15, -0.1) is 0 Å². The molecule has 10 unspecified atom stereocenters. The molecule has 0 saturated carbocycles. The van der Waals surface area contributed by atoms with Crippen LogP contribution in [0.1, 0.15) is 22.8 Å². The Labute approximate surface area is 178 Å². The number of aryl methyl sites for hydroxylation is 1. The van der Waals surface area contributed by atoms with Crippen LogP contribution in [0.3, 0.4) is 0 Å². The van der Waals surface area contributed by atoms with E-state index in [1.165, 1.54) is 0 Å². The number of hydrogen-bond acceptors (Lipinski definition) is 10. The lowest BCUT2D eigenvalue weighted by Gasteiger charge is -2.40. The highest BCUT2D eigenvalue weighted by molar-refractivity contribution is 5.44. The molecule has 2 aliphatic heterocycles. The van der Waals surface area contributed by atoms with E-state index in [0.29, 0.717) is 16.7 Å². The molecule has 2 saturated heterocycles. The van der Waals surface area contributed by atoms with Gasteiger partial charge in [0.1, 0.15) is 61.0 Å². The molecule has 0 aromatic heterocycles. The molecule has 2 aliphatic rings. The number of hydrogen-bond donors (Lipinski definition) is 8. The van der Waals surface area contributed by atoms with Crippen molar-refractivity contribution >= 4 is 0 Å². The van der Waals surface area contributed by atoms with Gasteiger partial charge < -0.3 is 50.3 Å². The van der Waals surface area contributed by atoms with Crippen LogP contribution in [0.4, 0.5) is 0 Å². The average Bonchev–Trinajstić information content (AvgIpc) is 2.76. The minimum absolute atomic E-state index is 0.507. The summed E-state index contributed by atoms with van der Waals surface area (Å²) in [5.41, 5.74) is 1.73. The van der Waals surface area contributed by atoms with E-state index >= 15 is 0 Å². The van der Waals surface area contributed by atoms with E-state index in [2.05, 4.69) is 11.8 Å². The Balaban J connectivity index is 1.79. The average molecular weight is 440 g/mol. The van der Waals surface area contributed by atoms with Gasteiger partial charge in [0.2, 0.25) is 0 Å². The molecule has 2 fully saturated rings. The molecule has 8 N–H and O–H groups in total. The lowest BCUT2D eigenvalue weighted by Crippen LogP contribution is -2.58. The maximum absolute atomic E-state index is 10.3. The highest BCUT2D eigenvalue weighted by atomic mass is 16.5. The predicted octanol–water partition coefficient (Wildman–Crippen LogP) is -3.30. The minimum atomic E-state index is -1.51. The van der Waals surface area contributed by atoms with Crippen molar-refractivity contribution in [2.45, 2.75) is 68.0 Å². The number of rotatable bonds is 3. The van der Waals surface area contributed by atoms with Gasteiger partial charge in [0.25, 0.3) is 0 Å². The van der Waals surface area contributed by atoms with Crippen LogP contribution in [0.25, 0.3) is 0 Å². The zero-order chi connectivity index (χ0) is 22.9. The minimum Gasteiger partial charge on any atom is -0.394 e. The van der Waals surface area contributed by atoms with E-state index in [4.69, 9.17) is 9.47 Å². The summed E-state index contributed by atoms with van der Waals surface area (Å²) < 4.78 is 10.9. The maximum atomic E-state index is 10.3. The van der Waals surface area contributed by atoms with Crippen molar-refractivity contribution in [2.24, 2.45) is 0 Å². The summed E-state index contributed by atoms with van der Waals surface area (Å²) in [5.74, 6) is 5.52. The number of ether oxygens (including phenoxy) is 2. The number of aliphatic hydroxyl groups excluding tert-OH is 8. The highest BCUT2D eigenvalue weighted by Crippen LogP contribution is 2.33. The van der Waals surface area contributed by atoms with Crippen LogP contribution in [0, 0.1) is 18.8 Å². The molecule has 0 spiro atoms. The van der Waals surface area contributed by atoms with Crippen molar-refractivity contribution < 1.29 is 50.3 Å². The summed E-state index contributed by atoms with van der Waals surface area (Å²) in [6.45, 7) is 0.670. The lowest BCUT2D eigenvalue weighted by atomic mass is 9.90. The van der Waals surface area contributed by atoms with Crippen LogP contribution in [0.2, 0.25) is 0 Å². The second-order valence-electron chi connectivity index (χ2n) is 7.84. The second kappa shape index (κ2) is 9.89. The molecule has 31 heavy (non-hydrogen) atoms. The van der Waals surface area contributed by atoms with Gasteiger partial charge in [-0.2, -0.15) is 0 Å². The quantitative estimate of drug-likeness (QED) is 0.222. The Kier molecular flexibility index (Phi) is 7.67. The fourth-order valence-electron chi connectivity index (χ4n) is 3.75. The third-order valence-corrected chi connectivity index (χ3v) is 5.71. The van der Waals surface area contributed by atoms with E-state index < -0.39 is 74.3 Å². The third-order valence-electron chi connectivity index (χ3n) is 5.71. The third kappa shape index (κ3) is 4.76. The fraction of sp³-hybridized carbons (Fsp3) is 0.619. The van der Waals surface area contributed by atoms with Crippen LogP contribution < -0.4 is 0 Å². The van der Waals surface area contributed by atoms with Crippen molar-refractivity contribution in [1.82, 2.24) is 0 Å². The lowest BCUT2D eigenvalue weighted by molar-refractivity contribution is -0.231. The monoisotopic (exact) mass is 440 g/mol. The molecular weight excluding hydrogens is 412 g/mol. The summed E-state index contributed by atoms with van der Waals surface area (Å²) in [5, 5.41) is 78.5. The molecule has 1 aromatic carbocycles. The van der Waals surface area contributed by atoms with Gasteiger partial charge in [-0.05, 0) is 24.1 Å². The molecular formula is C21H28O10. The first-order chi connectivity index (χ1) is 14.7. The van der Waals surface area contributed by atoms with E-state index in [1.54, 1.807) is 25.1 Å². The Bertz CT molecular complexity index is 816. The first kappa shape index (κ1) is 24.0. The van der Waals surface area contributed by atoms with E-state index in [1.807, 2.05) is 0 Å². The first-order valence-corrected chi connectivity index (χ1v) is 9.92. The van der Waals surface area contributed by atoms with Gasteiger partial charge in [0, 0.05) is 5.56 Å². The predicted molar refractivity (Wildman–Crippen MR) is 105 cm³/mol. The normalized spacial score (nSPS) is 40.8. The van der Waals surface area contributed by atoms with Crippen LogP contribution in [0.15, 0.2) is 18.2 Å². The van der Waals surface area contributed by atoms with E-state index in [9.17, 15) is 40.9 Å². The Morgan fingerprint density at radius 2 is 1.35 bits per heavy atom. The van der Waals surface area contributed by atoms with E-state index in [0.717, 1.165) is 0 Å². The summed E-state index contributed by atoms with van der Waals surface area (Å²) in [6.07, 6.45) is -12.9. The van der Waals surface area contributed by atoms with Crippen molar-refractivity contribution in [3.05, 3.63) is 34.9 Å². The summed E-state index contributed by atoms with van der Waals surface area (Å²) >= 11 is 0. The fourth-order valence-corrected chi connectivity index (χ4v) is 3.75. The van der Waals surface area contributed by atoms with Gasteiger partial charge in [0.15, 0.2) is 0 Å². The van der Waals surface area contributed by atoms with Gasteiger partial charge >= 0.3 is 0 Å². The molecule has 1 aromatic rings. The molecule has 3 rings (SSSR count).